The number of benzene rings is 1. The van der Waals surface area contributed by atoms with Crippen LogP contribution in [-0.4, -0.2) is 57.1 Å². The summed E-state index contributed by atoms with van der Waals surface area (Å²) in [6.07, 6.45) is 3.56. The van der Waals surface area contributed by atoms with Gasteiger partial charge in [-0.2, -0.15) is 10.2 Å². The lowest BCUT2D eigenvalue weighted by molar-refractivity contribution is -0.140. The number of aromatic amines is 1. The SMILES string of the molecule is O=C(Cn1cccn1)N1CCOC(c2cc(CCOc3ccc(F)c(F)c3)[nH]n2)C1. The number of hydrogen-bond acceptors (Lipinski definition) is 5. The lowest BCUT2D eigenvalue weighted by atomic mass is 10.2. The predicted molar refractivity (Wildman–Crippen MR) is 102 cm³/mol. The van der Waals surface area contributed by atoms with Crippen molar-refractivity contribution in [2.24, 2.45) is 0 Å². The summed E-state index contributed by atoms with van der Waals surface area (Å²) >= 11 is 0. The second-order valence-electron chi connectivity index (χ2n) is 6.90. The van der Waals surface area contributed by atoms with Crippen molar-refractivity contribution in [3.63, 3.8) is 0 Å². The number of nitrogens with zero attached hydrogens (tertiary/aromatic N) is 4. The maximum atomic E-state index is 13.2. The Morgan fingerprint density at radius 3 is 3.00 bits per heavy atom. The number of hydrogen-bond donors (Lipinski definition) is 1. The van der Waals surface area contributed by atoms with E-state index in [0.29, 0.717) is 31.8 Å². The van der Waals surface area contributed by atoms with E-state index in [2.05, 4.69) is 15.3 Å². The molecule has 0 radical (unpaired) electrons. The molecule has 4 rings (SSSR count). The summed E-state index contributed by atoms with van der Waals surface area (Å²) in [6, 6.07) is 7.05. The van der Waals surface area contributed by atoms with Gasteiger partial charge in [0.15, 0.2) is 11.6 Å². The van der Waals surface area contributed by atoms with Crippen molar-refractivity contribution < 1.29 is 23.0 Å². The van der Waals surface area contributed by atoms with Crippen LogP contribution in [0.5, 0.6) is 5.75 Å². The molecule has 2 aromatic heterocycles. The number of halogens is 2. The Balaban J connectivity index is 1.29. The smallest absolute Gasteiger partial charge is 0.244 e. The summed E-state index contributed by atoms with van der Waals surface area (Å²) < 4.78 is 39.0. The number of nitrogens with one attached hydrogen (secondary N) is 1. The van der Waals surface area contributed by atoms with Crippen LogP contribution in [0, 0.1) is 11.6 Å². The molecule has 8 nitrogen and oxygen atoms in total. The third kappa shape index (κ3) is 4.82. The fourth-order valence-electron chi connectivity index (χ4n) is 3.21. The first-order valence-electron chi connectivity index (χ1n) is 9.57. The van der Waals surface area contributed by atoms with Crippen molar-refractivity contribution in [3.8, 4) is 5.75 Å². The third-order valence-corrected chi connectivity index (χ3v) is 4.79. The number of aromatic nitrogens is 4. The molecule has 3 aromatic rings. The number of rotatable bonds is 7. The highest BCUT2D eigenvalue weighted by Gasteiger charge is 2.27. The molecule has 1 aromatic carbocycles. The van der Waals surface area contributed by atoms with Crippen LogP contribution in [0.4, 0.5) is 8.78 Å². The third-order valence-electron chi connectivity index (χ3n) is 4.79. The summed E-state index contributed by atoms with van der Waals surface area (Å²) in [5, 5.41) is 11.3. The van der Waals surface area contributed by atoms with Gasteiger partial charge >= 0.3 is 0 Å². The summed E-state index contributed by atoms with van der Waals surface area (Å²) in [4.78, 5) is 14.2. The highest BCUT2D eigenvalue weighted by Crippen LogP contribution is 2.22. The molecule has 1 unspecified atom stereocenters. The highest BCUT2D eigenvalue weighted by molar-refractivity contribution is 5.76. The lowest BCUT2D eigenvalue weighted by Gasteiger charge is -2.32. The summed E-state index contributed by atoms with van der Waals surface area (Å²) in [5.74, 6) is -1.62. The van der Waals surface area contributed by atoms with E-state index in [-0.39, 0.29) is 30.9 Å². The standard InChI is InChI=1S/C20H21F2N5O3/c21-16-3-2-15(11-17(16)22)29-8-4-14-10-18(25-24-14)19-12-26(7-9-30-19)20(28)13-27-6-1-5-23-27/h1-3,5-6,10-11,19H,4,7-9,12-13H2,(H,24,25). The molecule has 0 aliphatic carbocycles. The van der Waals surface area contributed by atoms with E-state index in [0.717, 1.165) is 17.8 Å². The van der Waals surface area contributed by atoms with Crippen LogP contribution in [0.15, 0.2) is 42.7 Å². The molecule has 0 saturated carbocycles. The maximum absolute atomic E-state index is 13.2. The van der Waals surface area contributed by atoms with Crippen molar-refractivity contribution in [1.82, 2.24) is 24.9 Å². The molecule has 0 bridgehead atoms. The molecule has 158 valence electrons. The van der Waals surface area contributed by atoms with Crippen molar-refractivity contribution in [2.45, 2.75) is 19.1 Å². The Kier molecular flexibility index (Phi) is 6.03. The van der Waals surface area contributed by atoms with Crippen LogP contribution in [0.25, 0.3) is 0 Å². The molecular weight excluding hydrogens is 396 g/mol. The Morgan fingerprint density at radius 1 is 1.30 bits per heavy atom. The van der Waals surface area contributed by atoms with Crippen LogP contribution in [0.2, 0.25) is 0 Å². The van der Waals surface area contributed by atoms with E-state index in [1.165, 1.54) is 6.07 Å². The van der Waals surface area contributed by atoms with E-state index < -0.39 is 11.6 Å². The number of amides is 1. The first-order valence-corrected chi connectivity index (χ1v) is 9.57. The van der Waals surface area contributed by atoms with Crippen LogP contribution in [0.3, 0.4) is 0 Å². The normalized spacial score (nSPS) is 16.6. The second kappa shape index (κ2) is 9.04. The van der Waals surface area contributed by atoms with E-state index in [1.807, 2.05) is 6.07 Å². The van der Waals surface area contributed by atoms with Crippen LogP contribution in [0.1, 0.15) is 17.5 Å². The van der Waals surface area contributed by atoms with Gasteiger partial charge in [0.1, 0.15) is 18.4 Å². The lowest BCUT2D eigenvalue weighted by Crippen LogP contribution is -2.43. The van der Waals surface area contributed by atoms with Gasteiger partial charge < -0.3 is 14.4 Å². The van der Waals surface area contributed by atoms with Crippen molar-refractivity contribution >= 4 is 5.91 Å². The minimum atomic E-state index is -0.947. The second-order valence-corrected chi connectivity index (χ2v) is 6.90. The molecule has 1 aliphatic heterocycles. The van der Waals surface area contributed by atoms with Gasteiger partial charge in [-0.05, 0) is 24.3 Å². The van der Waals surface area contributed by atoms with E-state index in [4.69, 9.17) is 9.47 Å². The maximum Gasteiger partial charge on any atom is 0.244 e. The summed E-state index contributed by atoms with van der Waals surface area (Å²) in [5.41, 5.74) is 1.52. The van der Waals surface area contributed by atoms with Crippen molar-refractivity contribution in [1.29, 1.82) is 0 Å². The van der Waals surface area contributed by atoms with Gasteiger partial charge in [-0.15, -0.1) is 0 Å². The average Bonchev–Trinajstić information content (AvgIpc) is 3.43. The molecule has 1 N–H and O–H groups in total. The molecule has 30 heavy (non-hydrogen) atoms. The fourth-order valence-corrected chi connectivity index (χ4v) is 3.21. The predicted octanol–water partition coefficient (Wildman–Crippen LogP) is 2.11. The Bertz CT molecular complexity index is 992. The minimum Gasteiger partial charge on any atom is -0.493 e. The highest BCUT2D eigenvalue weighted by atomic mass is 19.2. The zero-order valence-corrected chi connectivity index (χ0v) is 16.1. The van der Waals surface area contributed by atoms with Gasteiger partial charge in [0.05, 0.1) is 25.5 Å². The molecule has 0 spiro atoms. The zero-order chi connectivity index (χ0) is 20.9. The summed E-state index contributed by atoms with van der Waals surface area (Å²) in [6.45, 7) is 1.82. The van der Waals surface area contributed by atoms with Crippen molar-refractivity contribution in [2.75, 3.05) is 26.3 Å². The van der Waals surface area contributed by atoms with Gasteiger partial charge in [0, 0.05) is 37.1 Å². The largest absolute Gasteiger partial charge is 0.493 e. The van der Waals surface area contributed by atoms with Gasteiger partial charge in [-0.25, -0.2) is 8.78 Å². The average molecular weight is 417 g/mol. The monoisotopic (exact) mass is 417 g/mol. The molecule has 1 amide bonds. The first kappa shape index (κ1) is 20.0. The van der Waals surface area contributed by atoms with Crippen LogP contribution in [-0.2, 0) is 22.5 Å². The van der Waals surface area contributed by atoms with Gasteiger partial charge in [0.2, 0.25) is 5.91 Å². The number of carbonyl (C=O) groups excluding carboxylic acids is 1. The number of H-pyrrole nitrogens is 1. The minimum absolute atomic E-state index is 0.0253. The molecule has 1 aliphatic rings. The Morgan fingerprint density at radius 2 is 2.20 bits per heavy atom. The van der Waals surface area contributed by atoms with Gasteiger partial charge in [0.25, 0.3) is 0 Å². The van der Waals surface area contributed by atoms with E-state index in [9.17, 15) is 13.6 Å². The molecule has 1 fully saturated rings. The zero-order valence-electron chi connectivity index (χ0n) is 16.1. The molecule has 3 heterocycles. The Hall–Kier alpha value is -3.27. The first-order chi connectivity index (χ1) is 14.6. The number of carbonyl (C=O) groups is 1. The van der Waals surface area contributed by atoms with E-state index >= 15 is 0 Å². The molecular formula is C20H21F2N5O3. The topological polar surface area (TPSA) is 85.3 Å². The molecule has 1 atom stereocenters. The number of ether oxygens (including phenoxy) is 2. The van der Waals surface area contributed by atoms with Gasteiger partial charge in [-0.3, -0.25) is 14.6 Å². The number of morpholine rings is 1. The molecule has 10 heteroatoms. The molecule has 1 saturated heterocycles. The van der Waals surface area contributed by atoms with Gasteiger partial charge in [-0.1, -0.05) is 0 Å². The van der Waals surface area contributed by atoms with Crippen LogP contribution >= 0.6 is 0 Å². The van der Waals surface area contributed by atoms with E-state index in [1.54, 1.807) is 28.0 Å². The van der Waals surface area contributed by atoms with Crippen LogP contribution < -0.4 is 4.74 Å². The Labute approximate surface area is 171 Å². The fraction of sp³-hybridized carbons (Fsp3) is 0.350. The summed E-state index contributed by atoms with van der Waals surface area (Å²) in [7, 11) is 0. The quantitative estimate of drug-likeness (QED) is 0.637. The van der Waals surface area contributed by atoms with Crippen molar-refractivity contribution in [3.05, 3.63) is 65.7 Å².